The van der Waals surface area contributed by atoms with E-state index in [2.05, 4.69) is 15.5 Å². The van der Waals surface area contributed by atoms with E-state index in [1.165, 1.54) is 12.8 Å². The maximum atomic E-state index is 12.1. The van der Waals surface area contributed by atoms with Gasteiger partial charge in [-0.3, -0.25) is 5.10 Å². The summed E-state index contributed by atoms with van der Waals surface area (Å²) in [7, 11) is 0. The van der Waals surface area contributed by atoms with Gasteiger partial charge in [-0.15, -0.1) is 0 Å². The van der Waals surface area contributed by atoms with Gasteiger partial charge < -0.3 is 10.1 Å². The first-order valence-electron chi connectivity index (χ1n) is 6.47. The molecule has 0 spiro atoms. The predicted molar refractivity (Wildman–Crippen MR) is 68.4 cm³/mol. The Labute approximate surface area is 107 Å². The highest BCUT2D eigenvalue weighted by Gasteiger charge is 2.26. The van der Waals surface area contributed by atoms with Gasteiger partial charge in [0.2, 0.25) is 0 Å². The minimum absolute atomic E-state index is 0.184. The summed E-state index contributed by atoms with van der Waals surface area (Å²) < 4.78 is 5.39. The molecule has 18 heavy (non-hydrogen) atoms. The predicted octanol–water partition coefficient (Wildman–Crippen LogP) is 2.18. The van der Waals surface area contributed by atoms with Gasteiger partial charge in [-0.25, -0.2) is 4.79 Å². The van der Waals surface area contributed by atoms with Crippen LogP contribution in [-0.2, 0) is 4.74 Å². The van der Waals surface area contributed by atoms with Crippen molar-refractivity contribution in [3.63, 3.8) is 0 Å². The molecule has 1 aliphatic rings. The van der Waals surface area contributed by atoms with E-state index in [-0.39, 0.29) is 12.0 Å². The lowest BCUT2D eigenvalue weighted by Gasteiger charge is -2.24. The van der Waals surface area contributed by atoms with Gasteiger partial charge in [0.15, 0.2) is 0 Å². The third-order valence-corrected chi connectivity index (χ3v) is 2.95. The van der Waals surface area contributed by atoms with Gasteiger partial charge in [-0.1, -0.05) is 6.42 Å². The normalized spacial score (nSPS) is 20.7. The van der Waals surface area contributed by atoms with Crippen molar-refractivity contribution in [1.29, 1.82) is 0 Å². The van der Waals surface area contributed by atoms with Crippen LogP contribution in [0, 0.1) is 0 Å². The monoisotopic (exact) mass is 251 g/mol. The van der Waals surface area contributed by atoms with E-state index in [4.69, 9.17) is 4.74 Å². The van der Waals surface area contributed by atoms with Gasteiger partial charge in [0.1, 0.15) is 11.2 Å². The van der Waals surface area contributed by atoms with Gasteiger partial charge in [0.05, 0.1) is 11.9 Å². The topological polar surface area (TPSA) is 67.0 Å². The van der Waals surface area contributed by atoms with Crippen LogP contribution in [0.3, 0.4) is 0 Å². The SMILES string of the molecule is CC(C)(C)OC(=O)c1cn[nH]c1C1CCCCN1. The quantitative estimate of drug-likeness (QED) is 0.791. The Bertz CT molecular complexity index is 414. The van der Waals surface area contributed by atoms with E-state index in [0.717, 1.165) is 18.7 Å². The zero-order valence-electron chi connectivity index (χ0n) is 11.2. The lowest BCUT2D eigenvalue weighted by atomic mass is 9.99. The molecule has 2 heterocycles. The molecule has 1 unspecified atom stereocenters. The highest BCUT2D eigenvalue weighted by atomic mass is 16.6. The molecule has 0 aliphatic carbocycles. The Kier molecular flexibility index (Phi) is 3.71. The summed E-state index contributed by atoms with van der Waals surface area (Å²) >= 11 is 0. The fraction of sp³-hybridized carbons (Fsp3) is 0.692. The largest absolute Gasteiger partial charge is 0.456 e. The van der Waals surface area contributed by atoms with Crippen molar-refractivity contribution in [3.05, 3.63) is 17.5 Å². The number of nitrogens with one attached hydrogen (secondary N) is 2. The van der Waals surface area contributed by atoms with Crippen LogP contribution in [-0.4, -0.2) is 28.3 Å². The average Bonchev–Trinajstić information content (AvgIpc) is 2.76. The number of H-pyrrole nitrogens is 1. The van der Waals surface area contributed by atoms with Crippen molar-refractivity contribution < 1.29 is 9.53 Å². The second-order valence-corrected chi connectivity index (χ2v) is 5.70. The third kappa shape index (κ3) is 3.10. The van der Waals surface area contributed by atoms with Gasteiger partial charge in [-0.05, 0) is 40.2 Å². The number of carbonyl (C=O) groups is 1. The van der Waals surface area contributed by atoms with Crippen LogP contribution in [0.25, 0.3) is 0 Å². The van der Waals surface area contributed by atoms with Crippen LogP contribution in [0.2, 0.25) is 0 Å². The molecule has 1 aromatic rings. The third-order valence-electron chi connectivity index (χ3n) is 2.95. The molecule has 0 saturated carbocycles. The molecule has 1 aliphatic heterocycles. The van der Waals surface area contributed by atoms with E-state index in [1.54, 1.807) is 6.20 Å². The number of ether oxygens (including phenoxy) is 1. The smallest absolute Gasteiger partial charge is 0.342 e. The standard InChI is InChI=1S/C13H21N3O2/c1-13(2,3)18-12(17)9-8-15-16-11(9)10-6-4-5-7-14-10/h8,10,14H,4-7H2,1-3H3,(H,15,16). The molecule has 0 bridgehead atoms. The molecule has 0 aromatic carbocycles. The Balaban J connectivity index is 2.14. The zero-order valence-corrected chi connectivity index (χ0v) is 11.2. The number of carbonyl (C=O) groups excluding carboxylic acids is 1. The van der Waals surface area contributed by atoms with E-state index < -0.39 is 5.60 Å². The Morgan fingerprint density at radius 1 is 1.44 bits per heavy atom. The van der Waals surface area contributed by atoms with Crippen molar-refractivity contribution >= 4 is 5.97 Å². The molecular formula is C13H21N3O2. The summed E-state index contributed by atoms with van der Waals surface area (Å²) in [5.74, 6) is -0.307. The minimum Gasteiger partial charge on any atom is -0.456 e. The Hall–Kier alpha value is -1.36. The molecule has 5 nitrogen and oxygen atoms in total. The molecular weight excluding hydrogens is 230 g/mol. The van der Waals surface area contributed by atoms with Gasteiger partial charge in [0, 0.05) is 6.04 Å². The zero-order chi connectivity index (χ0) is 13.2. The van der Waals surface area contributed by atoms with E-state index in [0.29, 0.717) is 5.56 Å². The maximum Gasteiger partial charge on any atom is 0.342 e. The summed E-state index contributed by atoms with van der Waals surface area (Å²) in [5, 5.41) is 10.3. The number of hydrogen-bond acceptors (Lipinski definition) is 4. The molecule has 0 radical (unpaired) electrons. The number of nitrogens with zero attached hydrogens (tertiary/aromatic N) is 1. The number of piperidine rings is 1. The van der Waals surface area contributed by atoms with Crippen LogP contribution >= 0.6 is 0 Å². The number of rotatable bonds is 2. The highest BCUT2D eigenvalue weighted by Crippen LogP contribution is 2.25. The van der Waals surface area contributed by atoms with Crippen LogP contribution in [0.4, 0.5) is 0 Å². The lowest BCUT2D eigenvalue weighted by Crippen LogP contribution is -2.29. The molecule has 1 aromatic heterocycles. The fourth-order valence-electron chi connectivity index (χ4n) is 2.16. The second-order valence-electron chi connectivity index (χ2n) is 5.70. The number of hydrogen-bond donors (Lipinski definition) is 2. The second kappa shape index (κ2) is 5.10. The summed E-state index contributed by atoms with van der Waals surface area (Å²) in [6, 6.07) is 0.184. The van der Waals surface area contributed by atoms with E-state index >= 15 is 0 Å². The van der Waals surface area contributed by atoms with Gasteiger partial charge in [-0.2, -0.15) is 5.10 Å². The lowest BCUT2D eigenvalue weighted by molar-refractivity contribution is 0.00674. The molecule has 2 rings (SSSR count). The van der Waals surface area contributed by atoms with Crippen molar-refractivity contribution in [3.8, 4) is 0 Å². The van der Waals surface area contributed by atoms with Crippen LogP contribution in [0.1, 0.15) is 62.1 Å². The first-order valence-corrected chi connectivity index (χ1v) is 6.47. The fourth-order valence-corrected chi connectivity index (χ4v) is 2.16. The number of aromatic amines is 1. The van der Waals surface area contributed by atoms with Crippen LogP contribution in [0.15, 0.2) is 6.20 Å². The van der Waals surface area contributed by atoms with Gasteiger partial charge in [0.25, 0.3) is 0 Å². The van der Waals surface area contributed by atoms with Crippen molar-refractivity contribution in [1.82, 2.24) is 15.5 Å². The van der Waals surface area contributed by atoms with Gasteiger partial charge >= 0.3 is 5.97 Å². The molecule has 1 atom stereocenters. The van der Waals surface area contributed by atoms with E-state index in [1.807, 2.05) is 20.8 Å². The maximum absolute atomic E-state index is 12.1. The molecule has 100 valence electrons. The number of aromatic nitrogens is 2. The molecule has 1 saturated heterocycles. The summed E-state index contributed by atoms with van der Waals surface area (Å²) in [6.07, 6.45) is 4.94. The Morgan fingerprint density at radius 2 is 2.22 bits per heavy atom. The van der Waals surface area contributed by atoms with E-state index in [9.17, 15) is 4.79 Å². The Morgan fingerprint density at radius 3 is 2.83 bits per heavy atom. The minimum atomic E-state index is -0.481. The van der Waals surface area contributed by atoms with Crippen molar-refractivity contribution in [2.24, 2.45) is 0 Å². The molecule has 1 fully saturated rings. The summed E-state index contributed by atoms with van der Waals surface area (Å²) in [6.45, 7) is 6.58. The molecule has 5 heteroatoms. The van der Waals surface area contributed by atoms with Crippen LogP contribution < -0.4 is 5.32 Å². The van der Waals surface area contributed by atoms with Crippen molar-refractivity contribution in [2.45, 2.75) is 51.7 Å². The van der Waals surface area contributed by atoms with Crippen LogP contribution in [0.5, 0.6) is 0 Å². The average molecular weight is 251 g/mol. The summed E-state index contributed by atoms with van der Waals surface area (Å²) in [4.78, 5) is 12.1. The molecule has 0 amide bonds. The summed E-state index contributed by atoms with van der Waals surface area (Å²) in [5.41, 5.74) is 0.916. The first kappa shape index (κ1) is 13.1. The highest BCUT2D eigenvalue weighted by molar-refractivity contribution is 5.90. The number of esters is 1. The molecule has 2 N–H and O–H groups in total. The van der Waals surface area contributed by atoms with Crippen molar-refractivity contribution in [2.75, 3.05) is 6.54 Å². The first-order chi connectivity index (χ1) is 8.47.